The van der Waals surface area contributed by atoms with Gasteiger partial charge < -0.3 is 15.5 Å². The van der Waals surface area contributed by atoms with Crippen LogP contribution in [0.1, 0.15) is 50.6 Å². The summed E-state index contributed by atoms with van der Waals surface area (Å²) in [5.74, 6) is -0.0815. The smallest absolute Gasteiger partial charge is 0.318 e. The Hall–Kier alpha value is -1.93. The second-order valence-electron chi connectivity index (χ2n) is 7.47. The molecule has 4 rings (SSSR count). The van der Waals surface area contributed by atoms with Crippen LogP contribution in [0.4, 0.5) is 4.79 Å². The number of nitrogens with one attached hydrogen (secondary N) is 2. The summed E-state index contributed by atoms with van der Waals surface area (Å²) in [6, 6.07) is 3.86. The Balaban J connectivity index is 1.30. The molecule has 2 aliphatic rings. The maximum absolute atomic E-state index is 12.7. The quantitative estimate of drug-likeness (QED) is 0.771. The molecule has 3 heterocycles. The van der Waals surface area contributed by atoms with Crippen LogP contribution in [0.15, 0.2) is 22.9 Å². The van der Waals surface area contributed by atoms with E-state index >= 15 is 0 Å². The lowest BCUT2D eigenvalue weighted by Crippen LogP contribution is -2.51. The number of carbonyl (C=O) groups excluding carboxylic acids is 2. The fourth-order valence-corrected chi connectivity index (χ4v) is 5.62. The second-order valence-corrected chi connectivity index (χ2v) is 9.28. The molecule has 0 aromatic carbocycles. The van der Waals surface area contributed by atoms with Gasteiger partial charge in [-0.25, -0.2) is 9.78 Å². The Morgan fingerprint density at radius 3 is 2.79 bits per heavy atom. The molecule has 0 bridgehead atoms. The average Bonchev–Trinajstić information content (AvgIpc) is 3.48. The summed E-state index contributed by atoms with van der Waals surface area (Å²) in [6.07, 6.45) is 7.30. The highest BCUT2D eigenvalue weighted by atomic mass is 32.1. The van der Waals surface area contributed by atoms with Crippen molar-refractivity contribution in [2.24, 2.45) is 0 Å². The van der Waals surface area contributed by atoms with Crippen molar-refractivity contribution < 1.29 is 9.59 Å². The molecule has 1 saturated carbocycles. The monoisotopic (exact) mass is 418 g/mol. The summed E-state index contributed by atoms with van der Waals surface area (Å²) in [5, 5.41) is 11.1. The van der Waals surface area contributed by atoms with Gasteiger partial charge in [-0.15, -0.1) is 22.7 Å². The van der Waals surface area contributed by atoms with Crippen molar-refractivity contribution in [1.82, 2.24) is 20.5 Å². The van der Waals surface area contributed by atoms with Crippen LogP contribution in [0.25, 0.3) is 9.88 Å². The lowest BCUT2D eigenvalue weighted by atomic mass is 9.96. The van der Waals surface area contributed by atoms with Gasteiger partial charge in [0.1, 0.15) is 11.0 Å². The molecule has 2 aromatic rings. The van der Waals surface area contributed by atoms with Crippen molar-refractivity contribution in [3.05, 3.63) is 28.6 Å². The first-order valence-corrected chi connectivity index (χ1v) is 11.8. The zero-order valence-electron chi connectivity index (χ0n) is 15.9. The summed E-state index contributed by atoms with van der Waals surface area (Å²) >= 11 is 3.25. The van der Waals surface area contributed by atoms with Crippen LogP contribution < -0.4 is 10.6 Å². The van der Waals surface area contributed by atoms with E-state index in [9.17, 15) is 9.59 Å². The maximum atomic E-state index is 12.7. The number of thiazole rings is 1. The molecular weight excluding hydrogens is 392 g/mol. The molecule has 150 valence electrons. The highest BCUT2D eigenvalue weighted by Crippen LogP contribution is 2.28. The third-order valence-electron chi connectivity index (χ3n) is 5.48. The highest BCUT2D eigenvalue weighted by Gasteiger charge is 2.34. The minimum atomic E-state index is -0.376. The Labute approximate surface area is 173 Å². The number of rotatable bonds is 5. The van der Waals surface area contributed by atoms with Crippen molar-refractivity contribution in [3.8, 4) is 9.88 Å². The fraction of sp³-hybridized carbons (Fsp3) is 0.550. The number of urea groups is 1. The van der Waals surface area contributed by atoms with Crippen LogP contribution in [-0.4, -0.2) is 40.5 Å². The van der Waals surface area contributed by atoms with Gasteiger partial charge in [0.2, 0.25) is 5.91 Å². The number of aromatic nitrogens is 1. The van der Waals surface area contributed by atoms with Gasteiger partial charge in [-0.2, -0.15) is 0 Å². The minimum absolute atomic E-state index is 0.0815. The van der Waals surface area contributed by atoms with Gasteiger partial charge in [-0.05, 0) is 37.1 Å². The van der Waals surface area contributed by atoms with Gasteiger partial charge in [0.25, 0.3) is 0 Å². The van der Waals surface area contributed by atoms with Crippen molar-refractivity contribution in [2.75, 3.05) is 6.54 Å². The molecule has 2 aromatic heterocycles. The molecule has 2 N–H and O–H groups in total. The van der Waals surface area contributed by atoms with Gasteiger partial charge in [-0.3, -0.25) is 4.79 Å². The molecule has 28 heavy (non-hydrogen) atoms. The first-order valence-electron chi connectivity index (χ1n) is 10.0. The van der Waals surface area contributed by atoms with Gasteiger partial charge in [-0.1, -0.05) is 25.3 Å². The van der Waals surface area contributed by atoms with Crippen LogP contribution in [0.5, 0.6) is 0 Å². The molecule has 1 aliphatic carbocycles. The molecule has 2 fully saturated rings. The van der Waals surface area contributed by atoms with E-state index in [1.807, 2.05) is 22.9 Å². The Kier molecular flexibility index (Phi) is 6.26. The third-order valence-corrected chi connectivity index (χ3v) is 7.41. The Morgan fingerprint density at radius 2 is 2.00 bits per heavy atom. The average molecular weight is 419 g/mol. The number of amides is 3. The number of hydrogen-bond donors (Lipinski definition) is 2. The van der Waals surface area contributed by atoms with E-state index < -0.39 is 0 Å². The topological polar surface area (TPSA) is 74.3 Å². The van der Waals surface area contributed by atoms with Crippen LogP contribution >= 0.6 is 22.7 Å². The molecule has 1 saturated heterocycles. The number of hydrogen-bond acceptors (Lipinski definition) is 5. The van der Waals surface area contributed by atoms with E-state index in [0.29, 0.717) is 13.1 Å². The molecule has 6 nitrogen and oxygen atoms in total. The number of nitrogens with zero attached hydrogens (tertiary/aromatic N) is 2. The summed E-state index contributed by atoms with van der Waals surface area (Å²) in [4.78, 5) is 32.8. The fourth-order valence-electron chi connectivity index (χ4n) is 3.98. The zero-order chi connectivity index (χ0) is 19.3. The van der Waals surface area contributed by atoms with Gasteiger partial charge in [0.15, 0.2) is 0 Å². The van der Waals surface area contributed by atoms with Crippen molar-refractivity contribution >= 4 is 34.6 Å². The number of likely N-dealkylation sites (tertiary alicyclic amines) is 1. The molecule has 0 radical (unpaired) electrons. The van der Waals surface area contributed by atoms with E-state index in [1.165, 1.54) is 19.3 Å². The maximum Gasteiger partial charge on any atom is 0.318 e. The van der Waals surface area contributed by atoms with Gasteiger partial charge >= 0.3 is 6.03 Å². The summed E-state index contributed by atoms with van der Waals surface area (Å²) < 4.78 is 0. The van der Waals surface area contributed by atoms with Crippen molar-refractivity contribution in [3.63, 3.8) is 0 Å². The van der Waals surface area contributed by atoms with E-state index in [-0.39, 0.29) is 24.0 Å². The lowest BCUT2D eigenvalue weighted by Gasteiger charge is -2.29. The summed E-state index contributed by atoms with van der Waals surface area (Å²) in [6.45, 7) is 1.05. The van der Waals surface area contributed by atoms with Crippen molar-refractivity contribution in [1.29, 1.82) is 0 Å². The largest absolute Gasteiger partial charge is 0.349 e. The Bertz CT molecular complexity index is 799. The number of thiophene rings is 1. The first kappa shape index (κ1) is 19.4. The lowest BCUT2D eigenvalue weighted by molar-refractivity contribution is -0.124. The molecule has 8 heteroatoms. The van der Waals surface area contributed by atoms with E-state index in [2.05, 4.69) is 15.6 Å². The third kappa shape index (κ3) is 4.55. The molecule has 1 atom stereocenters. The highest BCUT2D eigenvalue weighted by molar-refractivity contribution is 7.20. The standard InChI is InChI=1S/C20H26N4O2S2/c25-18(21-12-15-13-28-19(22-15)17-9-5-11-27-17)16-8-4-10-24(16)20(26)23-14-6-2-1-3-7-14/h5,9,11,13-14,16H,1-4,6-8,10,12H2,(H,21,25)(H,23,26). The van der Waals surface area contributed by atoms with E-state index in [0.717, 1.165) is 41.3 Å². The van der Waals surface area contributed by atoms with Crippen LogP contribution in [0.2, 0.25) is 0 Å². The SMILES string of the molecule is O=C(NCc1csc(-c2cccs2)n1)C1CCCN1C(=O)NC1CCCCC1. The van der Waals surface area contributed by atoms with Crippen LogP contribution in [0, 0.1) is 0 Å². The molecule has 0 spiro atoms. The molecule has 1 unspecified atom stereocenters. The predicted octanol–water partition coefficient (Wildman–Crippen LogP) is 3.99. The van der Waals surface area contributed by atoms with Crippen molar-refractivity contribution in [2.45, 2.75) is 63.6 Å². The minimum Gasteiger partial charge on any atom is -0.349 e. The normalized spacial score (nSPS) is 20.3. The first-order chi connectivity index (χ1) is 13.7. The van der Waals surface area contributed by atoms with Gasteiger partial charge in [0, 0.05) is 18.0 Å². The van der Waals surface area contributed by atoms with Crippen LogP contribution in [-0.2, 0) is 11.3 Å². The Morgan fingerprint density at radius 1 is 1.14 bits per heavy atom. The number of carbonyl (C=O) groups is 2. The van der Waals surface area contributed by atoms with E-state index in [4.69, 9.17) is 0 Å². The molecular formula is C20H26N4O2S2. The van der Waals surface area contributed by atoms with Gasteiger partial charge in [0.05, 0.1) is 17.1 Å². The molecule has 1 aliphatic heterocycles. The molecule has 3 amide bonds. The van der Waals surface area contributed by atoms with E-state index in [1.54, 1.807) is 27.6 Å². The second kappa shape index (κ2) is 9.05. The summed E-state index contributed by atoms with van der Waals surface area (Å²) in [5.41, 5.74) is 0.859. The zero-order valence-corrected chi connectivity index (χ0v) is 17.5. The summed E-state index contributed by atoms with van der Waals surface area (Å²) in [7, 11) is 0. The predicted molar refractivity (Wildman–Crippen MR) is 112 cm³/mol. The van der Waals surface area contributed by atoms with Crippen LogP contribution in [0.3, 0.4) is 0 Å².